The Kier molecular flexibility index (Phi) is 8.49. The van der Waals surface area contributed by atoms with E-state index in [4.69, 9.17) is 10.5 Å². The average molecular weight is 423 g/mol. The van der Waals surface area contributed by atoms with Gasteiger partial charge in [-0.3, -0.25) is 4.79 Å². The largest absolute Gasteiger partial charge is 0.504 e. The molecule has 29 heavy (non-hydrogen) atoms. The molecule has 0 spiro atoms. The molecule has 8 heteroatoms. The van der Waals surface area contributed by atoms with Crippen molar-refractivity contribution in [2.45, 2.75) is 45.1 Å². The first-order valence-corrected chi connectivity index (χ1v) is 9.99. The molecule has 7 nitrogen and oxygen atoms in total. The number of rotatable bonds is 7. The maximum Gasteiger partial charge on any atom is 0.278 e. The fraction of sp³-hybridized carbons (Fsp3) is 0.524. The van der Waals surface area contributed by atoms with Gasteiger partial charge in [0.1, 0.15) is 0 Å². The summed E-state index contributed by atoms with van der Waals surface area (Å²) in [6.45, 7) is 6.76. The van der Waals surface area contributed by atoms with Crippen molar-refractivity contribution >= 4 is 18.3 Å². The second kappa shape index (κ2) is 10.6. The number of halogens is 1. The Hall–Kier alpha value is -2.09. The molecule has 1 aliphatic heterocycles. The van der Waals surface area contributed by atoms with E-state index in [-0.39, 0.29) is 35.9 Å². The zero-order valence-corrected chi connectivity index (χ0v) is 17.9. The number of aromatic nitrogens is 2. The number of piperidine rings is 1. The summed E-state index contributed by atoms with van der Waals surface area (Å²) in [5, 5.41) is 14.6. The van der Waals surface area contributed by atoms with Gasteiger partial charge in [-0.05, 0) is 49.4 Å². The lowest BCUT2D eigenvalue weighted by atomic mass is 10.0. The molecule has 0 saturated carbocycles. The second-order valence-electron chi connectivity index (χ2n) is 7.56. The molecule has 3 rings (SSSR count). The molecular formula is C21H31ClN4O3. The number of nitrogens with two attached hydrogens (primary N) is 1. The van der Waals surface area contributed by atoms with Crippen molar-refractivity contribution in [1.82, 2.24) is 14.7 Å². The van der Waals surface area contributed by atoms with Gasteiger partial charge >= 0.3 is 0 Å². The van der Waals surface area contributed by atoms with Gasteiger partial charge in [-0.15, -0.1) is 12.4 Å². The summed E-state index contributed by atoms with van der Waals surface area (Å²) in [6.07, 6.45) is 4.08. The number of carbonyl (C=O) groups excluding carboxylic acids is 1. The van der Waals surface area contributed by atoms with Gasteiger partial charge in [0, 0.05) is 19.7 Å². The molecule has 2 heterocycles. The summed E-state index contributed by atoms with van der Waals surface area (Å²) in [5.41, 5.74) is 7.62. The van der Waals surface area contributed by atoms with Crippen LogP contribution in [-0.2, 0) is 4.74 Å². The van der Waals surface area contributed by atoms with E-state index >= 15 is 0 Å². The normalized spacial score (nSPS) is 14.8. The third-order valence-electron chi connectivity index (χ3n) is 5.15. The van der Waals surface area contributed by atoms with Crippen molar-refractivity contribution < 1.29 is 14.6 Å². The Morgan fingerprint density at radius 3 is 2.52 bits per heavy atom. The van der Waals surface area contributed by atoms with E-state index in [1.54, 1.807) is 9.58 Å². The van der Waals surface area contributed by atoms with Crippen LogP contribution in [0.1, 0.15) is 55.1 Å². The monoisotopic (exact) mass is 422 g/mol. The standard InChI is InChI=1S/C21H30N4O3.ClH/c1-15(2)16-4-6-17(7-5-16)25-14-19(26)20(23-25)21(27)24-11-8-18(9-12-24)28-13-3-10-22;/h4-7,14-15,18,26H,3,8-13,22H2,1-2H3;1H. The minimum Gasteiger partial charge on any atom is -0.504 e. The van der Waals surface area contributed by atoms with Gasteiger partial charge < -0.3 is 20.5 Å². The van der Waals surface area contributed by atoms with Crippen LogP contribution in [0, 0.1) is 0 Å². The zero-order valence-electron chi connectivity index (χ0n) is 17.1. The third-order valence-corrected chi connectivity index (χ3v) is 5.15. The van der Waals surface area contributed by atoms with Gasteiger partial charge in [0.15, 0.2) is 11.4 Å². The highest BCUT2D eigenvalue weighted by molar-refractivity contribution is 5.94. The molecule has 2 aromatic rings. The van der Waals surface area contributed by atoms with Crippen LogP contribution in [-0.4, -0.2) is 58.0 Å². The number of benzene rings is 1. The molecule has 1 fully saturated rings. The van der Waals surface area contributed by atoms with Gasteiger partial charge in [-0.2, -0.15) is 5.10 Å². The lowest BCUT2D eigenvalue weighted by Crippen LogP contribution is -2.41. The molecule has 160 valence electrons. The first-order valence-electron chi connectivity index (χ1n) is 9.99. The van der Waals surface area contributed by atoms with Crippen LogP contribution in [0.5, 0.6) is 5.75 Å². The molecule has 0 radical (unpaired) electrons. The fourth-order valence-corrected chi connectivity index (χ4v) is 3.37. The predicted molar refractivity (Wildman–Crippen MR) is 115 cm³/mol. The average Bonchev–Trinajstić information content (AvgIpc) is 3.10. The molecule has 1 amide bonds. The van der Waals surface area contributed by atoms with Gasteiger partial charge in [-0.25, -0.2) is 4.68 Å². The number of ether oxygens (including phenoxy) is 1. The Morgan fingerprint density at radius 2 is 1.93 bits per heavy atom. The van der Waals surface area contributed by atoms with E-state index < -0.39 is 0 Å². The van der Waals surface area contributed by atoms with E-state index in [1.165, 1.54) is 11.8 Å². The van der Waals surface area contributed by atoms with E-state index in [1.807, 2.05) is 24.3 Å². The molecule has 1 aliphatic rings. The van der Waals surface area contributed by atoms with Crippen LogP contribution >= 0.6 is 12.4 Å². The number of aromatic hydroxyl groups is 1. The summed E-state index contributed by atoms with van der Waals surface area (Å²) in [7, 11) is 0. The first-order chi connectivity index (χ1) is 13.5. The summed E-state index contributed by atoms with van der Waals surface area (Å²) in [5.74, 6) is 0.106. The van der Waals surface area contributed by atoms with Crippen LogP contribution in [0.2, 0.25) is 0 Å². The third kappa shape index (κ3) is 5.72. The number of amides is 1. The number of nitrogens with zero attached hydrogens (tertiary/aromatic N) is 3. The van der Waals surface area contributed by atoms with E-state index in [9.17, 15) is 9.90 Å². The number of carbonyl (C=O) groups is 1. The highest BCUT2D eigenvalue weighted by atomic mass is 35.5. The fourth-order valence-electron chi connectivity index (χ4n) is 3.37. The Morgan fingerprint density at radius 1 is 1.28 bits per heavy atom. The smallest absolute Gasteiger partial charge is 0.278 e. The Labute approximate surface area is 178 Å². The SMILES string of the molecule is CC(C)c1ccc(-n2cc(O)c(C(=O)N3CCC(OCCCN)CC3)n2)cc1.Cl. The molecule has 1 saturated heterocycles. The van der Waals surface area contributed by atoms with E-state index in [2.05, 4.69) is 18.9 Å². The zero-order chi connectivity index (χ0) is 20.1. The van der Waals surface area contributed by atoms with Gasteiger partial charge in [0.05, 0.1) is 18.0 Å². The second-order valence-corrected chi connectivity index (χ2v) is 7.56. The van der Waals surface area contributed by atoms with E-state index in [0.29, 0.717) is 32.2 Å². The van der Waals surface area contributed by atoms with E-state index in [0.717, 1.165) is 24.9 Å². The summed E-state index contributed by atoms with van der Waals surface area (Å²) >= 11 is 0. The topological polar surface area (TPSA) is 93.6 Å². The van der Waals surface area contributed by atoms with Gasteiger partial charge in [0.25, 0.3) is 5.91 Å². The number of hydrogen-bond donors (Lipinski definition) is 2. The van der Waals surface area contributed by atoms with Crippen LogP contribution in [0.15, 0.2) is 30.5 Å². The molecular weight excluding hydrogens is 392 g/mol. The molecule has 3 N–H and O–H groups in total. The minimum atomic E-state index is -0.240. The Balaban J connectivity index is 0.00000300. The van der Waals surface area contributed by atoms with Crippen molar-refractivity contribution in [2.24, 2.45) is 5.73 Å². The van der Waals surface area contributed by atoms with Crippen LogP contribution in [0.25, 0.3) is 5.69 Å². The summed E-state index contributed by atoms with van der Waals surface area (Å²) in [6, 6.07) is 7.96. The van der Waals surface area contributed by atoms with Gasteiger partial charge in [-0.1, -0.05) is 26.0 Å². The molecule has 1 aromatic heterocycles. The minimum absolute atomic E-state index is 0. The predicted octanol–water partition coefficient (Wildman–Crippen LogP) is 3.09. The highest BCUT2D eigenvalue weighted by Crippen LogP contribution is 2.23. The van der Waals surface area contributed by atoms with Crippen molar-refractivity contribution in [3.63, 3.8) is 0 Å². The van der Waals surface area contributed by atoms with Crippen molar-refractivity contribution in [2.75, 3.05) is 26.2 Å². The van der Waals surface area contributed by atoms with Crippen LogP contribution in [0.3, 0.4) is 0 Å². The first kappa shape index (κ1) is 23.2. The van der Waals surface area contributed by atoms with Gasteiger partial charge in [0.2, 0.25) is 0 Å². The highest BCUT2D eigenvalue weighted by Gasteiger charge is 2.27. The Bertz CT molecular complexity index is 784. The summed E-state index contributed by atoms with van der Waals surface area (Å²) < 4.78 is 7.33. The van der Waals surface area contributed by atoms with Crippen LogP contribution in [0.4, 0.5) is 0 Å². The number of likely N-dealkylation sites (tertiary alicyclic amines) is 1. The van der Waals surface area contributed by atoms with Crippen molar-refractivity contribution in [1.29, 1.82) is 0 Å². The van der Waals surface area contributed by atoms with Crippen molar-refractivity contribution in [3.05, 3.63) is 41.7 Å². The summed E-state index contributed by atoms with van der Waals surface area (Å²) in [4.78, 5) is 14.5. The van der Waals surface area contributed by atoms with Crippen LogP contribution < -0.4 is 5.73 Å². The molecule has 0 bridgehead atoms. The molecule has 0 aliphatic carbocycles. The lowest BCUT2D eigenvalue weighted by molar-refractivity contribution is 0.00822. The maximum absolute atomic E-state index is 12.8. The molecule has 1 aromatic carbocycles. The lowest BCUT2D eigenvalue weighted by Gasteiger charge is -2.31. The maximum atomic E-state index is 12.8. The number of hydrogen-bond acceptors (Lipinski definition) is 5. The quantitative estimate of drug-likeness (QED) is 0.668. The molecule has 0 unspecified atom stereocenters. The molecule has 0 atom stereocenters. The van der Waals surface area contributed by atoms with Crippen molar-refractivity contribution in [3.8, 4) is 11.4 Å².